The van der Waals surface area contributed by atoms with E-state index in [1.807, 2.05) is 0 Å². The quantitative estimate of drug-likeness (QED) is 0.508. The number of ether oxygens (including phenoxy) is 3. The van der Waals surface area contributed by atoms with Gasteiger partial charge in [-0.1, -0.05) is 31.9 Å². The largest absolute Gasteiger partial charge is 0.490 e. The second kappa shape index (κ2) is 9.19. The van der Waals surface area contributed by atoms with Crippen molar-refractivity contribution in [2.75, 3.05) is 13.2 Å². The zero-order chi connectivity index (χ0) is 17.5. The standard InChI is InChI=1S/C17H26O7/c1-2-3-6-9-22-11-7-4-5-8-12(11)23-17-16(21)15(20)14(19)13(10-18)24-17/h4-5,7-8,13-21H,2-3,6,9-10H2,1H3/t13-,14-,15+,16-,17?/m1/s1. The predicted octanol–water partition coefficient (Wildman–Crippen LogP) is 0.434. The van der Waals surface area contributed by atoms with Crippen molar-refractivity contribution in [3.63, 3.8) is 0 Å². The van der Waals surface area contributed by atoms with Gasteiger partial charge in [-0.2, -0.15) is 0 Å². The summed E-state index contributed by atoms with van der Waals surface area (Å²) in [4.78, 5) is 0. The van der Waals surface area contributed by atoms with E-state index in [1.54, 1.807) is 24.3 Å². The molecule has 1 aromatic rings. The molecule has 136 valence electrons. The Morgan fingerprint density at radius 2 is 1.71 bits per heavy atom. The van der Waals surface area contributed by atoms with Crippen LogP contribution < -0.4 is 9.47 Å². The van der Waals surface area contributed by atoms with Crippen LogP contribution in [0.5, 0.6) is 11.5 Å². The number of aliphatic hydroxyl groups excluding tert-OH is 4. The summed E-state index contributed by atoms with van der Waals surface area (Å²) in [5.41, 5.74) is 0. The molecule has 1 fully saturated rings. The molecular weight excluding hydrogens is 316 g/mol. The molecule has 0 bridgehead atoms. The lowest BCUT2D eigenvalue weighted by Crippen LogP contribution is -2.60. The molecule has 7 heteroatoms. The smallest absolute Gasteiger partial charge is 0.229 e. The first-order valence-electron chi connectivity index (χ1n) is 8.27. The molecule has 1 saturated heterocycles. The molecule has 1 aromatic carbocycles. The average molecular weight is 342 g/mol. The lowest BCUT2D eigenvalue weighted by atomic mass is 9.99. The maximum atomic E-state index is 10.0. The predicted molar refractivity (Wildman–Crippen MR) is 85.9 cm³/mol. The molecule has 24 heavy (non-hydrogen) atoms. The van der Waals surface area contributed by atoms with Crippen molar-refractivity contribution >= 4 is 0 Å². The third kappa shape index (κ3) is 4.58. The number of para-hydroxylation sites is 2. The molecule has 0 radical (unpaired) electrons. The highest BCUT2D eigenvalue weighted by Crippen LogP contribution is 2.31. The molecule has 0 aliphatic carbocycles. The highest BCUT2D eigenvalue weighted by atomic mass is 16.7. The van der Waals surface area contributed by atoms with Crippen molar-refractivity contribution in [2.45, 2.75) is 56.9 Å². The summed E-state index contributed by atoms with van der Waals surface area (Å²) in [5.74, 6) is 0.865. The molecule has 0 spiro atoms. The van der Waals surface area contributed by atoms with E-state index in [0.29, 0.717) is 18.1 Å². The van der Waals surface area contributed by atoms with Gasteiger partial charge in [-0.3, -0.25) is 0 Å². The minimum Gasteiger partial charge on any atom is -0.490 e. The molecule has 0 aromatic heterocycles. The van der Waals surface area contributed by atoms with Crippen molar-refractivity contribution < 1.29 is 34.6 Å². The maximum absolute atomic E-state index is 10.0. The van der Waals surface area contributed by atoms with Gasteiger partial charge in [0.1, 0.15) is 24.4 Å². The number of rotatable bonds is 8. The van der Waals surface area contributed by atoms with E-state index in [-0.39, 0.29) is 0 Å². The molecule has 4 N–H and O–H groups in total. The Morgan fingerprint density at radius 3 is 2.38 bits per heavy atom. The van der Waals surface area contributed by atoms with Crippen LogP contribution in [0.3, 0.4) is 0 Å². The number of aliphatic hydroxyl groups is 4. The van der Waals surface area contributed by atoms with Crippen LogP contribution in [0, 0.1) is 0 Å². The van der Waals surface area contributed by atoms with Gasteiger partial charge in [0.25, 0.3) is 0 Å². The molecule has 7 nitrogen and oxygen atoms in total. The zero-order valence-electron chi connectivity index (χ0n) is 13.7. The SMILES string of the molecule is CCCCCOc1ccccc1OC1O[C@H](CO)[C@@H](O)[C@H](O)[C@H]1O. The maximum Gasteiger partial charge on any atom is 0.229 e. The lowest BCUT2D eigenvalue weighted by Gasteiger charge is -2.39. The van der Waals surface area contributed by atoms with E-state index in [2.05, 4.69) is 6.92 Å². The van der Waals surface area contributed by atoms with Gasteiger partial charge in [0.15, 0.2) is 11.5 Å². The van der Waals surface area contributed by atoms with Crippen LogP contribution in [0.4, 0.5) is 0 Å². The van der Waals surface area contributed by atoms with Crippen molar-refractivity contribution in [3.05, 3.63) is 24.3 Å². The Hall–Kier alpha value is -1.38. The second-order valence-corrected chi connectivity index (χ2v) is 5.82. The van der Waals surface area contributed by atoms with E-state index in [1.165, 1.54) is 0 Å². The molecule has 1 aliphatic heterocycles. The van der Waals surface area contributed by atoms with Gasteiger partial charge in [-0.25, -0.2) is 0 Å². The lowest BCUT2D eigenvalue weighted by molar-refractivity contribution is -0.277. The zero-order valence-corrected chi connectivity index (χ0v) is 13.7. The average Bonchev–Trinajstić information content (AvgIpc) is 2.60. The molecule has 5 atom stereocenters. The summed E-state index contributed by atoms with van der Waals surface area (Å²) in [6.45, 7) is 2.15. The van der Waals surface area contributed by atoms with E-state index in [0.717, 1.165) is 19.3 Å². The van der Waals surface area contributed by atoms with Crippen molar-refractivity contribution in [1.82, 2.24) is 0 Å². The van der Waals surface area contributed by atoms with Crippen molar-refractivity contribution in [1.29, 1.82) is 0 Å². The topological polar surface area (TPSA) is 109 Å². The van der Waals surface area contributed by atoms with Gasteiger partial charge in [-0.15, -0.1) is 0 Å². The van der Waals surface area contributed by atoms with Gasteiger partial charge >= 0.3 is 0 Å². The van der Waals surface area contributed by atoms with Crippen molar-refractivity contribution in [3.8, 4) is 11.5 Å². The molecule has 1 aliphatic rings. The minimum atomic E-state index is -1.47. The van der Waals surface area contributed by atoms with Crippen LogP contribution in [-0.4, -0.2) is 64.3 Å². The van der Waals surface area contributed by atoms with Crippen LogP contribution in [0.15, 0.2) is 24.3 Å². The van der Waals surface area contributed by atoms with Crippen LogP contribution in [-0.2, 0) is 4.74 Å². The Morgan fingerprint density at radius 1 is 1.00 bits per heavy atom. The Balaban J connectivity index is 2.04. The first-order chi connectivity index (χ1) is 11.6. The molecule has 1 unspecified atom stereocenters. The number of hydrogen-bond donors (Lipinski definition) is 4. The van der Waals surface area contributed by atoms with Crippen LogP contribution in [0.2, 0.25) is 0 Å². The van der Waals surface area contributed by atoms with Crippen molar-refractivity contribution in [2.24, 2.45) is 0 Å². The van der Waals surface area contributed by atoms with Gasteiger partial charge in [0.2, 0.25) is 6.29 Å². The van der Waals surface area contributed by atoms with Gasteiger partial charge < -0.3 is 34.6 Å². The molecule has 0 saturated carbocycles. The summed E-state index contributed by atoms with van der Waals surface area (Å²) >= 11 is 0. The summed E-state index contributed by atoms with van der Waals surface area (Å²) < 4.78 is 16.7. The molecule has 2 rings (SSSR count). The fourth-order valence-corrected chi connectivity index (χ4v) is 2.49. The van der Waals surface area contributed by atoms with Gasteiger partial charge in [-0.05, 0) is 18.6 Å². The Labute approximate surface area is 141 Å². The van der Waals surface area contributed by atoms with E-state index in [4.69, 9.17) is 14.2 Å². The fraction of sp³-hybridized carbons (Fsp3) is 0.647. The highest BCUT2D eigenvalue weighted by molar-refractivity contribution is 5.39. The van der Waals surface area contributed by atoms with Gasteiger partial charge in [0.05, 0.1) is 13.2 Å². The van der Waals surface area contributed by atoms with E-state index in [9.17, 15) is 20.4 Å². The number of hydrogen-bond acceptors (Lipinski definition) is 7. The molecule has 1 heterocycles. The third-order valence-corrected chi connectivity index (χ3v) is 3.95. The van der Waals surface area contributed by atoms with E-state index < -0.39 is 37.3 Å². The normalized spacial score (nSPS) is 30.1. The van der Waals surface area contributed by atoms with Crippen LogP contribution in [0.1, 0.15) is 26.2 Å². The minimum absolute atomic E-state index is 0.360. The monoisotopic (exact) mass is 342 g/mol. The van der Waals surface area contributed by atoms with Crippen LogP contribution >= 0.6 is 0 Å². The first-order valence-corrected chi connectivity index (χ1v) is 8.27. The van der Waals surface area contributed by atoms with Crippen LogP contribution in [0.25, 0.3) is 0 Å². The Bertz CT molecular complexity index is 494. The van der Waals surface area contributed by atoms with E-state index >= 15 is 0 Å². The second-order valence-electron chi connectivity index (χ2n) is 5.82. The third-order valence-electron chi connectivity index (χ3n) is 3.95. The Kier molecular flexibility index (Phi) is 7.26. The summed E-state index contributed by atoms with van der Waals surface area (Å²) in [7, 11) is 0. The van der Waals surface area contributed by atoms with Gasteiger partial charge in [0, 0.05) is 0 Å². The summed E-state index contributed by atoms with van der Waals surface area (Å²) in [5, 5.41) is 38.9. The summed E-state index contributed by atoms with van der Waals surface area (Å²) in [6, 6.07) is 6.95. The first kappa shape index (κ1) is 19.0. The number of unbranched alkanes of at least 4 members (excludes halogenated alkanes) is 2. The molecule has 0 amide bonds. The highest BCUT2D eigenvalue weighted by Gasteiger charge is 2.44. The molecular formula is C17H26O7. The fourth-order valence-electron chi connectivity index (χ4n) is 2.49. The number of benzene rings is 1. The summed E-state index contributed by atoms with van der Waals surface area (Å²) in [6.07, 6.45) is -3.49.